The molecule has 2 atom stereocenters. The van der Waals surface area contributed by atoms with Crippen molar-refractivity contribution in [1.82, 2.24) is 20.0 Å². The molecule has 0 saturated carbocycles. The molecule has 1 saturated heterocycles. The minimum absolute atomic E-state index is 0.201. The second-order valence-electron chi connectivity index (χ2n) is 6.29. The van der Waals surface area contributed by atoms with Gasteiger partial charge >= 0.3 is 0 Å². The normalized spacial score (nSPS) is 19.0. The van der Waals surface area contributed by atoms with Gasteiger partial charge in [0.05, 0.1) is 12.1 Å². The Hall–Kier alpha value is -2.21. The molecule has 0 radical (unpaired) electrons. The molecule has 1 aromatic heterocycles. The minimum atomic E-state index is -0.361. The molecule has 2 heterocycles. The highest BCUT2D eigenvalue weighted by atomic mass is 19.1. The van der Waals surface area contributed by atoms with Crippen LogP contribution in [0.2, 0.25) is 0 Å². The van der Waals surface area contributed by atoms with Gasteiger partial charge in [-0.2, -0.15) is 5.10 Å². The third-order valence-electron chi connectivity index (χ3n) is 4.73. The van der Waals surface area contributed by atoms with Crippen LogP contribution >= 0.6 is 0 Å². The Bertz CT molecular complexity index is 709. The summed E-state index contributed by atoms with van der Waals surface area (Å²) in [4.78, 5) is 14.2. The average molecular weight is 330 g/mol. The lowest BCUT2D eigenvalue weighted by molar-refractivity contribution is 0.0733. The first-order valence-electron chi connectivity index (χ1n) is 8.35. The molecule has 1 aliphatic heterocycles. The summed E-state index contributed by atoms with van der Waals surface area (Å²) < 4.78 is 15.8. The average Bonchev–Trinajstić information content (AvgIpc) is 3.11. The summed E-state index contributed by atoms with van der Waals surface area (Å²) in [6.07, 6.45) is 4.02. The molecule has 128 valence electrons. The van der Waals surface area contributed by atoms with Crippen LogP contribution in [0.1, 0.15) is 47.9 Å². The first-order valence-corrected chi connectivity index (χ1v) is 8.35. The molecule has 0 aliphatic carbocycles. The van der Waals surface area contributed by atoms with E-state index in [0.29, 0.717) is 11.3 Å². The molecule has 24 heavy (non-hydrogen) atoms. The molecule has 0 bridgehead atoms. The van der Waals surface area contributed by atoms with Gasteiger partial charge in [-0.1, -0.05) is 18.2 Å². The molecule has 1 aromatic carbocycles. The fraction of sp³-hybridized carbons (Fsp3) is 0.444. The molecule has 2 aromatic rings. The third kappa shape index (κ3) is 3.33. The summed E-state index contributed by atoms with van der Waals surface area (Å²) in [5.74, 6) is -0.503. The van der Waals surface area contributed by atoms with Crippen molar-refractivity contribution in [3.8, 4) is 0 Å². The van der Waals surface area contributed by atoms with Crippen molar-refractivity contribution in [2.45, 2.75) is 31.8 Å². The van der Waals surface area contributed by atoms with Crippen molar-refractivity contribution in [1.29, 1.82) is 0 Å². The van der Waals surface area contributed by atoms with E-state index in [1.807, 2.05) is 17.8 Å². The van der Waals surface area contributed by atoms with E-state index < -0.39 is 0 Å². The molecular weight excluding hydrogens is 307 g/mol. The number of nitrogens with zero attached hydrogens (tertiary/aromatic N) is 3. The van der Waals surface area contributed by atoms with Crippen LogP contribution in [0.5, 0.6) is 0 Å². The second-order valence-corrected chi connectivity index (χ2v) is 6.29. The van der Waals surface area contributed by atoms with Gasteiger partial charge < -0.3 is 10.2 Å². The first kappa shape index (κ1) is 16.6. The highest BCUT2D eigenvalue weighted by Crippen LogP contribution is 2.23. The molecule has 2 unspecified atom stereocenters. The number of halogens is 1. The van der Waals surface area contributed by atoms with E-state index in [-0.39, 0.29) is 23.8 Å². The van der Waals surface area contributed by atoms with Gasteiger partial charge in [-0.15, -0.1) is 0 Å². The predicted octanol–water partition coefficient (Wildman–Crippen LogP) is 2.78. The van der Waals surface area contributed by atoms with E-state index in [9.17, 15) is 9.18 Å². The van der Waals surface area contributed by atoms with Crippen molar-refractivity contribution in [3.05, 3.63) is 53.6 Å². The van der Waals surface area contributed by atoms with E-state index in [1.54, 1.807) is 31.3 Å². The van der Waals surface area contributed by atoms with Gasteiger partial charge in [-0.3, -0.25) is 9.48 Å². The van der Waals surface area contributed by atoms with Crippen molar-refractivity contribution in [3.63, 3.8) is 0 Å². The Balaban J connectivity index is 1.74. The van der Waals surface area contributed by atoms with E-state index in [1.165, 1.54) is 11.0 Å². The van der Waals surface area contributed by atoms with Crippen molar-refractivity contribution in [2.75, 3.05) is 20.1 Å². The molecule has 1 aliphatic rings. The third-order valence-corrected chi connectivity index (χ3v) is 4.73. The maximum Gasteiger partial charge on any atom is 0.274 e. The number of hydrogen-bond acceptors (Lipinski definition) is 3. The van der Waals surface area contributed by atoms with E-state index in [0.717, 1.165) is 25.9 Å². The van der Waals surface area contributed by atoms with Crippen LogP contribution < -0.4 is 5.32 Å². The van der Waals surface area contributed by atoms with E-state index in [2.05, 4.69) is 10.4 Å². The van der Waals surface area contributed by atoms with Crippen LogP contribution in [0.4, 0.5) is 4.39 Å². The van der Waals surface area contributed by atoms with Gasteiger partial charge in [0.2, 0.25) is 0 Å². The number of carbonyl (C=O) groups excluding carboxylic acids is 1. The lowest BCUT2D eigenvalue weighted by Gasteiger charge is -2.25. The molecule has 1 N–H and O–H groups in total. The smallest absolute Gasteiger partial charge is 0.274 e. The maximum absolute atomic E-state index is 13.9. The number of amides is 1. The summed E-state index contributed by atoms with van der Waals surface area (Å²) >= 11 is 0. The Kier molecular flexibility index (Phi) is 4.94. The van der Waals surface area contributed by atoms with Crippen molar-refractivity contribution < 1.29 is 9.18 Å². The van der Waals surface area contributed by atoms with Crippen molar-refractivity contribution in [2.24, 2.45) is 0 Å². The van der Waals surface area contributed by atoms with Gasteiger partial charge in [0.1, 0.15) is 11.5 Å². The van der Waals surface area contributed by atoms with Crippen LogP contribution in [0, 0.1) is 5.82 Å². The predicted molar refractivity (Wildman–Crippen MR) is 90.3 cm³/mol. The van der Waals surface area contributed by atoms with Gasteiger partial charge in [0.15, 0.2) is 0 Å². The maximum atomic E-state index is 13.9. The van der Waals surface area contributed by atoms with Crippen LogP contribution in [0.25, 0.3) is 0 Å². The molecule has 1 fully saturated rings. The summed E-state index contributed by atoms with van der Waals surface area (Å²) in [5.41, 5.74) is 0.899. The molecule has 0 spiro atoms. The van der Waals surface area contributed by atoms with E-state index in [4.69, 9.17) is 0 Å². The Morgan fingerprint density at radius 1 is 1.42 bits per heavy atom. The summed E-state index contributed by atoms with van der Waals surface area (Å²) in [6.45, 7) is 3.72. The monoisotopic (exact) mass is 330 g/mol. The topological polar surface area (TPSA) is 50.2 Å². The highest BCUT2D eigenvalue weighted by molar-refractivity contribution is 5.92. The van der Waals surface area contributed by atoms with Crippen LogP contribution in [-0.2, 0) is 0 Å². The van der Waals surface area contributed by atoms with Gasteiger partial charge in [0.25, 0.3) is 5.91 Å². The number of piperidine rings is 1. The zero-order valence-corrected chi connectivity index (χ0v) is 14.1. The van der Waals surface area contributed by atoms with Gasteiger partial charge in [-0.25, -0.2) is 4.39 Å². The summed E-state index contributed by atoms with van der Waals surface area (Å²) in [7, 11) is 1.68. The number of carbonyl (C=O) groups is 1. The second kappa shape index (κ2) is 7.13. The fourth-order valence-electron chi connectivity index (χ4n) is 3.09. The molecule has 5 nitrogen and oxygen atoms in total. The fourth-order valence-corrected chi connectivity index (χ4v) is 3.09. The molecular formula is C18H23FN4O. The first-order chi connectivity index (χ1) is 11.6. The van der Waals surface area contributed by atoms with Crippen LogP contribution in [0.3, 0.4) is 0 Å². The summed E-state index contributed by atoms with van der Waals surface area (Å²) in [5, 5.41) is 7.79. The standard InChI is InChI=1S/C18H23FN4O/c1-13(15-7-3-4-8-16(15)19)22(2)18(24)17-9-11-23(21-17)14-6-5-10-20-12-14/h3-4,7-9,11,13-14,20H,5-6,10,12H2,1-2H3. The number of benzene rings is 1. The van der Waals surface area contributed by atoms with Crippen LogP contribution in [0.15, 0.2) is 36.5 Å². The number of hydrogen-bond donors (Lipinski definition) is 1. The zero-order valence-electron chi connectivity index (χ0n) is 14.1. The largest absolute Gasteiger partial charge is 0.333 e. The lowest BCUT2D eigenvalue weighted by atomic mass is 10.1. The van der Waals surface area contributed by atoms with E-state index >= 15 is 0 Å². The number of nitrogens with one attached hydrogen (secondary N) is 1. The molecule has 1 amide bonds. The minimum Gasteiger partial charge on any atom is -0.333 e. The Morgan fingerprint density at radius 2 is 2.21 bits per heavy atom. The quantitative estimate of drug-likeness (QED) is 0.938. The van der Waals surface area contributed by atoms with Gasteiger partial charge in [-0.05, 0) is 38.4 Å². The number of rotatable bonds is 4. The zero-order chi connectivity index (χ0) is 17.1. The van der Waals surface area contributed by atoms with Crippen LogP contribution in [-0.4, -0.2) is 40.7 Å². The Morgan fingerprint density at radius 3 is 2.92 bits per heavy atom. The number of aromatic nitrogens is 2. The summed E-state index contributed by atoms with van der Waals surface area (Å²) in [6, 6.07) is 8.20. The van der Waals surface area contributed by atoms with Gasteiger partial charge in [0, 0.05) is 25.4 Å². The Labute approximate surface area is 141 Å². The molecule has 6 heteroatoms. The van der Waals surface area contributed by atoms with Crippen molar-refractivity contribution >= 4 is 5.91 Å². The lowest BCUT2D eigenvalue weighted by Crippen LogP contribution is -2.33. The molecule has 3 rings (SSSR count). The highest BCUT2D eigenvalue weighted by Gasteiger charge is 2.24. The SMILES string of the molecule is CC(c1ccccc1F)N(C)C(=O)c1ccn(C2CCCNC2)n1.